The average molecular weight is 599 g/mol. The van der Waals surface area contributed by atoms with Gasteiger partial charge in [-0.05, 0) is 95.9 Å². The summed E-state index contributed by atoms with van der Waals surface area (Å²) in [5.41, 5.74) is 11.0. The summed E-state index contributed by atoms with van der Waals surface area (Å²) in [6.07, 6.45) is 0. The molecule has 224 valence electrons. The Kier molecular flexibility index (Phi) is 6.75. The second-order valence-corrected chi connectivity index (χ2v) is 13.2. The highest BCUT2D eigenvalue weighted by molar-refractivity contribution is 6.64. The molecule has 7 aromatic rings. The predicted molar refractivity (Wildman–Crippen MR) is 191 cm³/mol. The first-order valence-corrected chi connectivity index (χ1v) is 15.9. The summed E-state index contributed by atoms with van der Waals surface area (Å²) < 4.78 is 19.8. The van der Waals surface area contributed by atoms with Crippen LogP contribution in [0.3, 0.4) is 0 Å². The van der Waals surface area contributed by atoms with Crippen LogP contribution in [0.4, 0.5) is 0 Å². The lowest BCUT2D eigenvalue weighted by atomic mass is 9.72. The molecule has 1 aliphatic rings. The molecular formula is C42H35BO3. The molecule has 2 heterocycles. The first kappa shape index (κ1) is 28.6. The standard InChI is InChI=1S/C42H35BO3/c1-41(2)42(3,4)46-43(45-41)36-19-11-17-34(39(36)31-23-21-29(22-24-31)28-13-7-5-8-14-28)32-25-26-35-38(27-32)44-37-20-12-18-33(40(35)37)30-15-9-6-10-16-30/h5-27H,1-4H3. The third-order valence-corrected chi connectivity index (χ3v) is 9.78. The predicted octanol–water partition coefficient (Wildman–Crippen LogP) is 10.6. The highest BCUT2D eigenvalue weighted by Gasteiger charge is 2.52. The van der Waals surface area contributed by atoms with Gasteiger partial charge in [0, 0.05) is 10.8 Å². The molecule has 1 fully saturated rings. The van der Waals surface area contributed by atoms with Crippen LogP contribution in [0.15, 0.2) is 144 Å². The lowest BCUT2D eigenvalue weighted by Crippen LogP contribution is -2.41. The van der Waals surface area contributed by atoms with E-state index in [0.29, 0.717) is 0 Å². The van der Waals surface area contributed by atoms with Crippen molar-refractivity contribution in [2.24, 2.45) is 0 Å². The molecule has 0 saturated carbocycles. The van der Waals surface area contributed by atoms with E-state index in [1.807, 2.05) is 12.1 Å². The molecule has 3 nitrogen and oxygen atoms in total. The van der Waals surface area contributed by atoms with Crippen molar-refractivity contribution >= 4 is 34.5 Å². The third kappa shape index (κ3) is 4.77. The molecular weight excluding hydrogens is 563 g/mol. The van der Waals surface area contributed by atoms with Gasteiger partial charge >= 0.3 is 7.12 Å². The van der Waals surface area contributed by atoms with Gasteiger partial charge in [0.05, 0.1) is 11.2 Å². The summed E-state index contributed by atoms with van der Waals surface area (Å²) in [4.78, 5) is 0. The molecule has 8 rings (SSSR count). The Hall–Kier alpha value is -4.90. The monoisotopic (exact) mass is 598 g/mol. The Balaban J connectivity index is 1.30. The lowest BCUT2D eigenvalue weighted by Gasteiger charge is -2.32. The Bertz CT molecular complexity index is 2180. The zero-order chi connectivity index (χ0) is 31.5. The van der Waals surface area contributed by atoms with Gasteiger partial charge < -0.3 is 13.7 Å². The van der Waals surface area contributed by atoms with Gasteiger partial charge in [-0.2, -0.15) is 0 Å². The van der Waals surface area contributed by atoms with Crippen LogP contribution in [0.1, 0.15) is 27.7 Å². The van der Waals surface area contributed by atoms with Gasteiger partial charge in [-0.3, -0.25) is 0 Å². The zero-order valence-electron chi connectivity index (χ0n) is 26.6. The van der Waals surface area contributed by atoms with Crippen molar-refractivity contribution in [2.75, 3.05) is 0 Å². The van der Waals surface area contributed by atoms with Crippen LogP contribution in [0.5, 0.6) is 0 Å². The van der Waals surface area contributed by atoms with Crippen molar-refractivity contribution in [1.29, 1.82) is 0 Å². The first-order valence-electron chi connectivity index (χ1n) is 15.9. The molecule has 46 heavy (non-hydrogen) atoms. The van der Waals surface area contributed by atoms with Crippen molar-refractivity contribution in [2.45, 2.75) is 38.9 Å². The number of fused-ring (bicyclic) bond motifs is 3. The number of rotatable bonds is 5. The summed E-state index contributed by atoms with van der Waals surface area (Å²) in [6.45, 7) is 8.41. The summed E-state index contributed by atoms with van der Waals surface area (Å²) in [5.74, 6) is 0. The van der Waals surface area contributed by atoms with Crippen molar-refractivity contribution in [3.8, 4) is 44.5 Å². The quantitative estimate of drug-likeness (QED) is 0.185. The highest BCUT2D eigenvalue weighted by Crippen LogP contribution is 2.42. The van der Waals surface area contributed by atoms with Gasteiger partial charge in [0.1, 0.15) is 11.2 Å². The van der Waals surface area contributed by atoms with E-state index in [2.05, 4.69) is 155 Å². The Morgan fingerprint density at radius 1 is 0.457 bits per heavy atom. The number of benzene rings is 6. The van der Waals surface area contributed by atoms with Crippen molar-refractivity contribution in [3.63, 3.8) is 0 Å². The third-order valence-electron chi connectivity index (χ3n) is 9.78. The fourth-order valence-electron chi connectivity index (χ4n) is 6.61. The molecule has 0 amide bonds. The van der Waals surface area contributed by atoms with Gasteiger partial charge in [-0.15, -0.1) is 0 Å². The maximum atomic E-state index is 6.62. The SMILES string of the molecule is CC1(C)OB(c2cccc(-c3ccc4c(c3)oc3cccc(-c5ccccc5)c34)c2-c2ccc(-c3ccccc3)cc2)OC1(C)C. The highest BCUT2D eigenvalue weighted by atomic mass is 16.7. The average Bonchev–Trinajstić information content (AvgIpc) is 3.57. The minimum absolute atomic E-state index is 0.453. The van der Waals surface area contributed by atoms with E-state index >= 15 is 0 Å². The summed E-state index contributed by atoms with van der Waals surface area (Å²) >= 11 is 0. The van der Waals surface area contributed by atoms with Crippen LogP contribution in [0.25, 0.3) is 66.4 Å². The van der Waals surface area contributed by atoms with Crippen molar-refractivity contribution < 1.29 is 13.7 Å². The van der Waals surface area contributed by atoms with E-state index in [1.165, 1.54) is 22.3 Å². The summed E-state index contributed by atoms with van der Waals surface area (Å²) in [6, 6.07) is 49.1. The van der Waals surface area contributed by atoms with Gasteiger partial charge in [-0.25, -0.2) is 0 Å². The topological polar surface area (TPSA) is 31.6 Å². The van der Waals surface area contributed by atoms with E-state index in [0.717, 1.165) is 49.7 Å². The number of hydrogen-bond donors (Lipinski definition) is 0. The minimum Gasteiger partial charge on any atom is -0.456 e. The molecule has 0 spiro atoms. The molecule has 0 bridgehead atoms. The maximum absolute atomic E-state index is 6.62. The number of furan rings is 1. The fourth-order valence-corrected chi connectivity index (χ4v) is 6.61. The molecule has 1 saturated heterocycles. The largest absolute Gasteiger partial charge is 0.495 e. The molecule has 0 radical (unpaired) electrons. The molecule has 0 atom stereocenters. The van der Waals surface area contributed by atoms with Gasteiger partial charge in [0.15, 0.2) is 0 Å². The first-order chi connectivity index (χ1) is 22.3. The van der Waals surface area contributed by atoms with Gasteiger partial charge in [0.2, 0.25) is 0 Å². The normalized spacial score (nSPS) is 15.5. The molecule has 6 aromatic carbocycles. The second kappa shape index (κ2) is 10.9. The minimum atomic E-state index is -0.503. The van der Waals surface area contributed by atoms with Crippen LogP contribution in [-0.2, 0) is 9.31 Å². The fraction of sp³-hybridized carbons (Fsp3) is 0.143. The van der Waals surface area contributed by atoms with E-state index in [1.54, 1.807) is 0 Å². The van der Waals surface area contributed by atoms with E-state index in [-0.39, 0.29) is 0 Å². The van der Waals surface area contributed by atoms with E-state index < -0.39 is 18.3 Å². The Morgan fingerprint density at radius 3 is 1.72 bits per heavy atom. The van der Waals surface area contributed by atoms with E-state index in [4.69, 9.17) is 13.7 Å². The van der Waals surface area contributed by atoms with Crippen LogP contribution in [-0.4, -0.2) is 18.3 Å². The molecule has 0 N–H and O–H groups in total. The maximum Gasteiger partial charge on any atom is 0.495 e. The smallest absolute Gasteiger partial charge is 0.456 e. The number of hydrogen-bond acceptors (Lipinski definition) is 3. The molecule has 4 heteroatoms. The van der Waals surface area contributed by atoms with Crippen LogP contribution in [0.2, 0.25) is 0 Å². The van der Waals surface area contributed by atoms with Crippen LogP contribution >= 0.6 is 0 Å². The second-order valence-electron chi connectivity index (χ2n) is 13.2. The van der Waals surface area contributed by atoms with Gasteiger partial charge in [-0.1, -0.05) is 121 Å². The molecule has 1 aromatic heterocycles. The Labute approximate surface area is 270 Å². The van der Waals surface area contributed by atoms with Crippen LogP contribution in [0, 0.1) is 0 Å². The van der Waals surface area contributed by atoms with Crippen molar-refractivity contribution in [1.82, 2.24) is 0 Å². The summed E-state index contributed by atoms with van der Waals surface area (Å²) in [5, 5.41) is 2.24. The Morgan fingerprint density at radius 2 is 1.02 bits per heavy atom. The molecule has 1 aliphatic heterocycles. The van der Waals surface area contributed by atoms with Gasteiger partial charge in [0.25, 0.3) is 0 Å². The van der Waals surface area contributed by atoms with Crippen molar-refractivity contribution in [3.05, 3.63) is 140 Å². The molecule has 0 aliphatic carbocycles. The zero-order valence-corrected chi connectivity index (χ0v) is 26.6. The summed E-state index contributed by atoms with van der Waals surface area (Å²) in [7, 11) is -0.503. The molecule has 0 unspecified atom stereocenters. The van der Waals surface area contributed by atoms with Crippen LogP contribution < -0.4 is 5.46 Å². The van der Waals surface area contributed by atoms with E-state index in [9.17, 15) is 0 Å². The lowest BCUT2D eigenvalue weighted by molar-refractivity contribution is 0.00578.